The molecule has 0 unspecified atom stereocenters. The van der Waals surface area contributed by atoms with E-state index in [4.69, 9.17) is 19.5 Å². The lowest BCUT2D eigenvalue weighted by Crippen LogP contribution is -2.31. The third-order valence-electron chi connectivity index (χ3n) is 2.73. The molecule has 20 heavy (non-hydrogen) atoms. The van der Waals surface area contributed by atoms with Crippen molar-refractivity contribution in [2.45, 2.75) is 26.7 Å². The summed E-state index contributed by atoms with van der Waals surface area (Å²) in [5, 5.41) is 12.3. The molecule has 0 radical (unpaired) electrons. The zero-order valence-corrected chi connectivity index (χ0v) is 12.3. The number of methoxy groups -OCH3 is 1. The predicted octanol–water partition coefficient (Wildman–Crippen LogP) is 2.06. The van der Waals surface area contributed by atoms with E-state index >= 15 is 0 Å². The highest BCUT2D eigenvalue weighted by molar-refractivity contribution is 5.45. The van der Waals surface area contributed by atoms with Gasteiger partial charge >= 0.3 is 0 Å². The highest BCUT2D eigenvalue weighted by atomic mass is 16.7. The van der Waals surface area contributed by atoms with Gasteiger partial charge in [0.05, 0.1) is 12.7 Å². The zero-order chi connectivity index (χ0) is 14.8. The minimum Gasteiger partial charge on any atom is -0.495 e. The van der Waals surface area contributed by atoms with Crippen LogP contribution >= 0.6 is 0 Å². The van der Waals surface area contributed by atoms with E-state index in [1.54, 1.807) is 13.2 Å². The summed E-state index contributed by atoms with van der Waals surface area (Å²) in [6, 6.07) is 7.68. The molecule has 0 atom stereocenters. The Morgan fingerprint density at radius 3 is 2.50 bits per heavy atom. The smallest absolute Gasteiger partial charge is 0.169 e. The minimum absolute atomic E-state index is 0.237. The Balaban J connectivity index is 2.51. The maximum absolute atomic E-state index is 9.04. The normalized spacial score (nSPS) is 10.6. The molecule has 1 N–H and O–H groups in total. The first-order chi connectivity index (χ1) is 9.74. The van der Waals surface area contributed by atoms with E-state index in [2.05, 4.69) is 11.4 Å². The highest BCUT2D eigenvalue weighted by Crippen LogP contribution is 2.18. The maximum atomic E-state index is 9.04. The van der Waals surface area contributed by atoms with E-state index in [1.807, 2.05) is 26.0 Å². The van der Waals surface area contributed by atoms with Gasteiger partial charge in [0.1, 0.15) is 11.8 Å². The molecule has 5 nitrogen and oxygen atoms in total. The Hall–Kier alpha value is -1.61. The molecular formula is C15H22N2O3. The van der Waals surface area contributed by atoms with Crippen molar-refractivity contribution in [3.05, 3.63) is 29.3 Å². The van der Waals surface area contributed by atoms with Crippen molar-refractivity contribution >= 4 is 0 Å². The Morgan fingerprint density at radius 2 is 1.95 bits per heavy atom. The van der Waals surface area contributed by atoms with Gasteiger partial charge in [-0.2, -0.15) is 5.26 Å². The second kappa shape index (κ2) is 9.32. The van der Waals surface area contributed by atoms with Crippen molar-refractivity contribution in [3.8, 4) is 11.8 Å². The second-order valence-corrected chi connectivity index (χ2v) is 4.12. The maximum Gasteiger partial charge on any atom is 0.169 e. The van der Waals surface area contributed by atoms with Crippen LogP contribution in [0.4, 0.5) is 0 Å². The van der Waals surface area contributed by atoms with E-state index < -0.39 is 0 Å². The van der Waals surface area contributed by atoms with E-state index in [0.29, 0.717) is 37.6 Å². The minimum atomic E-state index is -0.237. The van der Waals surface area contributed by atoms with Gasteiger partial charge in [-0.1, -0.05) is 6.07 Å². The van der Waals surface area contributed by atoms with Crippen molar-refractivity contribution in [2.75, 3.05) is 26.9 Å². The fourth-order valence-electron chi connectivity index (χ4n) is 1.82. The molecule has 5 heteroatoms. The quantitative estimate of drug-likeness (QED) is 0.700. The van der Waals surface area contributed by atoms with Gasteiger partial charge in [0, 0.05) is 26.3 Å². The van der Waals surface area contributed by atoms with Crippen LogP contribution in [0.2, 0.25) is 0 Å². The molecule has 110 valence electrons. The van der Waals surface area contributed by atoms with Crippen LogP contribution in [-0.4, -0.2) is 33.2 Å². The lowest BCUT2D eigenvalue weighted by Gasteiger charge is -2.17. The summed E-state index contributed by atoms with van der Waals surface area (Å²) in [6.45, 7) is 6.37. The topological polar surface area (TPSA) is 63.5 Å². The van der Waals surface area contributed by atoms with Crippen LogP contribution in [0.3, 0.4) is 0 Å². The van der Waals surface area contributed by atoms with Crippen LogP contribution in [0, 0.1) is 11.3 Å². The van der Waals surface area contributed by atoms with E-state index in [0.717, 1.165) is 5.56 Å². The summed E-state index contributed by atoms with van der Waals surface area (Å²) in [7, 11) is 1.56. The first-order valence-corrected chi connectivity index (χ1v) is 6.76. The third kappa shape index (κ3) is 5.17. The van der Waals surface area contributed by atoms with Gasteiger partial charge in [-0.3, -0.25) is 0 Å². The zero-order valence-electron chi connectivity index (χ0n) is 12.3. The van der Waals surface area contributed by atoms with Gasteiger partial charge in [0.15, 0.2) is 6.29 Å². The molecule has 0 amide bonds. The molecule has 0 spiro atoms. The first-order valence-electron chi connectivity index (χ1n) is 6.76. The van der Waals surface area contributed by atoms with Crippen LogP contribution in [0.15, 0.2) is 18.2 Å². The number of nitriles is 1. The van der Waals surface area contributed by atoms with Crippen LogP contribution in [-0.2, 0) is 16.0 Å². The molecule has 1 aromatic carbocycles. The number of hydrogen-bond acceptors (Lipinski definition) is 5. The number of rotatable bonds is 9. The lowest BCUT2D eigenvalue weighted by atomic mass is 10.1. The summed E-state index contributed by atoms with van der Waals surface area (Å²) < 4.78 is 16.0. The lowest BCUT2D eigenvalue weighted by molar-refractivity contribution is -0.133. The number of nitrogens with zero attached hydrogens (tertiary/aromatic N) is 1. The van der Waals surface area contributed by atoms with Crippen LogP contribution in [0.5, 0.6) is 5.75 Å². The molecule has 0 aliphatic rings. The van der Waals surface area contributed by atoms with Crippen molar-refractivity contribution in [3.63, 3.8) is 0 Å². The number of nitrogens with one attached hydrogen (secondary N) is 1. The molecule has 0 saturated carbocycles. The molecule has 0 saturated heterocycles. The molecule has 1 rings (SSSR count). The van der Waals surface area contributed by atoms with Crippen molar-refractivity contribution in [2.24, 2.45) is 0 Å². The van der Waals surface area contributed by atoms with E-state index in [9.17, 15) is 0 Å². The molecule has 0 fully saturated rings. The largest absolute Gasteiger partial charge is 0.495 e. The van der Waals surface area contributed by atoms with Crippen LogP contribution < -0.4 is 10.1 Å². The molecule has 0 heterocycles. The Morgan fingerprint density at radius 1 is 1.25 bits per heavy atom. The SMILES string of the molecule is CCOC(CNCc1ccc(OC)c(C#N)c1)OCC. The van der Waals surface area contributed by atoms with Crippen molar-refractivity contribution in [1.82, 2.24) is 5.32 Å². The van der Waals surface area contributed by atoms with Crippen LogP contribution in [0.1, 0.15) is 25.0 Å². The summed E-state index contributed by atoms with van der Waals surface area (Å²) in [5.41, 5.74) is 1.56. The van der Waals surface area contributed by atoms with E-state index in [1.165, 1.54) is 0 Å². The third-order valence-corrected chi connectivity index (χ3v) is 2.73. The van der Waals surface area contributed by atoms with E-state index in [-0.39, 0.29) is 6.29 Å². The Bertz CT molecular complexity index is 437. The molecule has 1 aromatic rings. The molecule has 0 bridgehead atoms. The van der Waals surface area contributed by atoms with Crippen LogP contribution in [0.25, 0.3) is 0 Å². The fraction of sp³-hybridized carbons (Fsp3) is 0.533. The van der Waals surface area contributed by atoms with Gasteiger partial charge < -0.3 is 19.5 Å². The summed E-state index contributed by atoms with van der Waals surface area (Å²) >= 11 is 0. The Labute approximate surface area is 120 Å². The van der Waals surface area contributed by atoms with Crippen molar-refractivity contribution < 1.29 is 14.2 Å². The van der Waals surface area contributed by atoms with Gasteiger partial charge in [-0.05, 0) is 31.5 Å². The highest BCUT2D eigenvalue weighted by Gasteiger charge is 2.08. The van der Waals surface area contributed by atoms with Gasteiger partial charge in [-0.25, -0.2) is 0 Å². The van der Waals surface area contributed by atoms with Crippen molar-refractivity contribution in [1.29, 1.82) is 5.26 Å². The number of ether oxygens (including phenoxy) is 3. The summed E-state index contributed by atoms with van der Waals surface area (Å²) in [5.74, 6) is 0.595. The average molecular weight is 278 g/mol. The first kappa shape index (κ1) is 16.4. The number of hydrogen-bond donors (Lipinski definition) is 1. The average Bonchev–Trinajstić information content (AvgIpc) is 2.47. The summed E-state index contributed by atoms with van der Waals surface area (Å²) in [4.78, 5) is 0. The molecule has 0 aliphatic heterocycles. The molecule has 0 aliphatic carbocycles. The summed E-state index contributed by atoms with van der Waals surface area (Å²) in [6.07, 6.45) is -0.237. The predicted molar refractivity (Wildman–Crippen MR) is 76.5 cm³/mol. The number of benzene rings is 1. The monoisotopic (exact) mass is 278 g/mol. The Kier molecular flexibility index (Phi) is 7.66. The standard InChI is InChI=1S/C15H22N2O3/c1-4-19-15(20-5-2)11-17-10-12-6-7-14(18-3)13(8-12)9-16/h6-8,15,17H,4-5,10-11H2,1-3H3. The van der Waals surface area contributed by atoms with Gasteiger partial charge in [0.25, 0.3) is 0 Å². The van der Waals surface area contributed by atoms with Gasteiger partial charge in [-0.15, -0.1) is 0 Å². The molecular weight excluding hydrogens is 256 g/mol. The van der Waals surface area contributed by atoms with Gasteiger partial charge in [0.2, 0.25) is 0 Å². The second-order valence-electron chi connectivity index (χ2n) is 4.12. The molecule has 0 aromatic heterocycles. The fourth-order valence-corrected chi connectivity index (χ4v) is 1.82.